The van der Waals surface area contributed by atoms with E-state index >= 15 is 0 Å². The van der Waals surface area contributed by atoms with Crippen LogP contribution in [0.1, 0.15) is 88.4 Å². The summed E-state index contributed by atoms with van der Waals surface area (Å²) >= 11 is 1.74. The summed E-state index contributed by atoms with van der Waals surface area (Å²) in [5.74, 6) is 3.43. The molecule has 0 bridgehead atoms. The summed E-state index contributed by atoms with van der Waals surface area (Å²) in [6.07, 6.45) is 14.3. The topological polar surface area (TPSA) is 53.6 Å². The molecule has 0 unspecified atom stereocenters. The number of hydrogen-bond acceptors (Lipinski definition) is 4. The van der Waals surface area contributed by atoms with Crippen molar-refractivity contribution in [2.75, 3.05) is 5.32 Å². The molecule has 176 valence electrons. The van der Waals surface area contributed by atoms with Gasteiger partial charge in [-0.3, -0.25) is 5.10 Å². The van der Waals surface area contributed by atoms with Crippen molar-refractivity contribution in [3.05, 3.63) is 59.9 Å². The number of hydrogen-bond donors (Lipinski definition) is 2. The molecule has 2 heterocycles. The highest BCUT2D eigenvalue weighted by atomic mass is 32.2. The normalized spacial score (nSPS) is 16.5. The van der Waals surface area contributed by atoms with E-state index < -0.39 is 0 Å². The molecule has 1 aromatic carbocycles. The predicted octanol–water partition coefficient (Wildman–Crippen LogP) is 8.64. The summed E-state index contributed by atoms with van der Waals surface area (Å²) in [4.78, 5) is 6.98. The number of benzene rings is 1. The summed E-state index contributed by atoms with van der Waals surface area (Å²) in [5, 5.41) is 10.9. The van der Waals surface area contributed by atoms with Gasteiger partial charge in [0.25, 0.3) is 0 Å². The zero-order chi connectivity index (χ0) is 22.9. The first-order valence-electron chi connectivity index (χ1n) is 12.7. The second kappa shape index (κ2) is 12.3. The zero-order valence-corrected chi connectivity index (χ0v) is 21.0. The Balaban J connectivity index is 0.000000243. The van der Waals surface area contributed by atoms with E-state index in [1.54, 1.807) is 11.8 Å². The van der Waals surface area contributed by atoms with E-state index in [-0.39, 0.29) is 0 Å². The van der Waals surface area contributed by atoms with E-state index in [0.717, 1.165) is 23.2 Å². The van der Waals surface area contributed by atoms with Gasteiger partial charge in [-0.2, -0.15) is 5.10 Å². The van der Waals surface area contributed by atoms with Crippen LogP contribution in [0.2, 0.25) is 0 Å². The number of rotatable bonds is 7. The van der Waals surface area contributed by atoms with Gasteiger partial charge in [-0.15, -0.1) is 0 Å². The van der Waals surface area contributed by atoms with Gasteiger partial charge in [-0.25, -0.2) is 4.98 Å². The quantitative estimate of drug-likeness (QED) is 0.369. The Morgan fingerprint density at radius 1 is 0.909 bits per heavy atom. The third kappa shape index (κ3) is 7.36. The summed E-state index contributed by atoms with van der Waals surface area (Å²) < 4.78 is 0. The number of nitrogens with zero attached hydrogens (tertiary/aromatic N) is 2. The maximum Gasteiger partial charge on any atom is 0.153 e. The van der Waals surface area contributed by atoms with Crippen LogP contribution >= 0.6 is 11.8 Å². The predicted molar refractivity (Wildman–Crippen MR) is 139 cm³/mol. The highest BCUT2D eigenvalue weighted by Gasteiger charge is 2.21. The molecule has 0 amide bonds. The maximum absolute atomic E-state index is 4.58. The van der Waals surface area contributed by atoms with Crippen molar-refractivity contribution in [3.63, 3.8) is 0 Å². The fourth-order valence-electron chi connectivity index (χ4n) is 4.73. The lowest BCUT2D eigenvalue weighted by Gasteiger charge is -2.23. The largest absolute Gasteiger partial charge is 0.323 e. The first-order valence-corrected chi connectivity index (χ1v) is 13.5. The van der Waals surface area contributed by atoms with Gasteiger partial charge >= 0.3 is 0 Å². The molecule has 5 rings (SSSR count). The third-order valence-corrected chi connectivity index (χ3v) is 7.71. The molecule has 33 heavy (non-hydrogen) atoms. The van der Waals surface area contributed by atoms with Crippen molar-refractivity contribution >= 4 is 23.4 Å². The summed E-state index contributed by atoms with van der Waals surface area (Å²) in [7, 11) is 0. The average molecular weight is 463 g/mol. The molecule has 3 aromatic rings. The van der Waals surface area contributed by atoms with Crippen molar-refractivity contribution in [3.8, 4) is 0 Å². The Bertz CT molecular complexity index is 972. The molecule has 2 saturated carbocycles. The summed E-state index contributed by atoms with van der Waals surface area (Å²) in [5.41, 5.74) is 2.23. The van der Waals surface area contributed by atoms with Crippen LogP contribution in [0.5, 0.6) is 0 Å². The fraction of sp³-hybridized carbons (Fsp3) is 0.500. The van der Waals surface area contributed by atoms with Crippen LogP contribution in [-0.2, 0) is 0 Å². The van der Waals surface area contributed by atoms with Crippen LogP contribution in [0.25, 0.3) is 0 Å². The Kier molecular flexibility index (Phi) is 8.87. The molecule has 4 nitrogen and oxygen atoms in total. The molecule has 2 aromatic heterocycles. The van der Waals surface area contributed by atoms with Crippen molar-refractivity contribution in [2.24, 2.45) is 5.92 Å². The van der Waals surface area contributed by atoms with E-state index in [1.807, 2.05) is 13.0 Å². The highest BCUT2D eigenvalue weighted by Crippen LogP contribution is 2.36. The lowest BCUT2D eigenvalue weighted by molar-refractivity contribution is 0.336. The van der Waals surface area contributed by atoms with Crippen LogP contribution in [0.15, 0.2) is 58.3 Å². The molecule has 0 saturated heterocycles. The van der Waals surface area contributed by atoms with Gasteiger partial charge in [0.1, 0.15) is 5.82 Å². The molecule has 0 radical (unpaired) electrons. The number of H-pyrrole nitrogens is 1. The minimum atomic E-state index is 0.655. The van der Waals surface area contributed by atoms with Crippen molar-refractivity contribution in [1.29, 1.82) is 0 Å². The van der Waals surface area contributed by atoms with Crippen molar-refractivity contribution in [1.82, 2.24) is 15.2 Å². The maximum atomic E-state index is 4.58. The van der Waals surface area contributed by atoms with Gasteiger partial charge in [0.2, 0.25) is 0 Å². The van der Waals surface area contributed by atoms with Crippen LogP contribution in [0, 0.1) is 12.8 Å². The second-order valence-corrected chi connectivity index (χ2v) is 10.6. The molecule has 5 heteroatoms. The number of aromatic nitrogens is 3. The van der Waals surface area contributed by atoms with E-state index in [4.69, 9.17) is 0 Å². The SMILES string of the molecule is CCCC1CCCCC1.Cc1cc(Sc2ccccc2)cc(Nc2cc(C3CCC3)[nH]n2)n1. The number of aromatic amines is 1. The molecule has 2 aliphatic rings. The summed E-state index contributed by atoms with van der Waals surface area (Å²) in [6.45, 7) is 4.32. The molecule has 2 N–H and O–H groups in total. The molecule has 2 aliphatic carbocycles. The zero-order valence-electron chi connectivity index (χ0n) is 20.1. The number of aryl methyl sites for hydroxylation is 1. The molecular formula is C28H38N4S. The first kappa shape index (κ1) is 23.9. The van der Waals surface area contributed by atoms with Crippen LogP contribution in [-0.4, -0.2) is 15.2 Å². The summed E-state index contributed by atoms with van der Waals surface area (Å²) in [6, 6.07) is 16.7. The lowest BCUT2D eigenvalue weighted by Crippen LogP contribution is -2.08. The minimum Gasteiger partial charge on any atom is -0.323 e. The van der Waals surface area contributed by atoms with Gasteiger partial charge < -0.3 is 5.32 Å². The number of pyridine rings is 1. The molecular weight excluding hydrogens is 424 g/mol. The van der Waals surface area contributed by atoms with E-state index in [1.165, 1.54) is 79.7 Å². The number of anilines is 2. The van der Waals surface area contributed by atoms with Crippen LogP contribution in [0.3, 0.4) is 0 Å². The molecule has 2 fully saturated rings. The Morgan fingerprint density at radius 2 is 1.70 bits per heavy atom. The standard InChI is InChI=1S/C19H20N4S.C9H18/c1-13-10-16(24-15-8-3-2-4-9-15)11-18(20-13)21-19-12-17(22-23-19)14-6-5-7-14;1-2-6-9-7-4-3-5-8-9/h2-4,8-12,14H,5-7H2,1H3,(H2,20,21,22,23);9H,2-8H2,1H3. The number of nitrogens with one attached hydrogen (secondary N) is 2. The fourth-order valence-corrected chi connectivity index (χ4v) is 5.69. The Labute approximate surface area is 203 Å². The van der Waals surface area contributed by atoms with E-state index in [9.17, 15) is 0 Å². The van der Waals surface area contributed by atoms with Gasteiger partial charge in [-0.1, -0.05) is 88.3 Å². The van der Waals surface area contributed by atoms with Crippen LogP contribution in [0.4, 0.5) is 11.6 Å². The smallest absolute Gasteiger partial charge is 0.153 e. The molecule has 0 aliphatic heterocycles. The van der Waals surface area contributed by atoms with Gasteiger partial charge in [0.15, 0.2) is 5.82 Å². The van der Waals surface area contributed by atoms with Crippen molar-refractivity contribution < 1.29 is 0 Å². The Hall–Kier alpha value is -2.27. The van der Waals surface area contributed by atoms with Crippen molar-refractivity contribution in [2.45, 2.75) is 93.8 Å². The van der Waals surface area contributed by atoms with Crippen LogP contribution < -0.4 is 5.32 Å². The van der Waals surface area contributed by atoms with E-state index in [2.05, 4.69) is 69.9 Å². The van der Waals surface area contributed by atoms with Gasteiger partial charge in [-0.05, 0) is 49.9 Å². The van der Waals surface area contributed by atoms with E-state index in [0.29, 0.717) is 5.92 Å². The average Bonchev–Trinajstić information content (AvgIpc) is 3.22. The monoisotopic (exact) mass is 462 g/mol. The van der Waals surface area contributed by atoms with Gasteiger partial charge in [0, 0.05) is 33.2 Å². The third-order valence-electron chi connectivity index (χ3n) is 6.73. The minimum absolute atomic E-state index is 0.655. The van der Waals surface area contributed by atoms with Gasteiger partial charge in [0.05, 0.1) is 0 Å². The molecule has 0 spiro atoms. The lowest BCUT2D eigenvalue weighted by atomic mass is 9.83. The Morgan fingerprint density at radius 3 is 2.39 bits per heavy atom. The highest BCUT2D eigenvalue weighted by molar-refractivity contribution is 7.99. The second-order valence-electron chi connectivity index (χ2n) is 9.50. The molecule has 0 atom stereocenters. The first-order chi connectivity index (χ1) is 16.2.